The van der Waals surface area contributed by atoms with Crippen molar-refractivity contribution in [3.05, 3.63) is 37.0 Å². The number of allylic oxidation sites excluding steroid dienone is 4. The number of nitrogen functional groups attached to an aromatic ring is 1. The van der Waals surface area contributed by atoms with Crippen LogP contribution in [-0.4, -0.2) is 123 Å². The molecule has 28 heteroatoms. The number of nitrogens with zero attached hydrogens (tertiary/aromatic N) is 4. The molecule has 0 aliphatic carbocycles. The molecule has 3 rings (SSSR count). The number of carbonyl (C=O) groups is 3. The second-order valence-electron chi connectivity index (χ2n) is 13.8. The summed E-state index contributed by atoms with van der Waals surface area (Å²) in [5.41, 5.74) is 4.27. The summed E-state index contributed by atoms with van der Waals surface area (Å²) in [4.78, 5) is 87.9. The number of aliphatic hydroxyl groups excluding tert-OH is 2. The Bertz CT molecular complexity index is 1960. The highest BCUT2D eigenvalue weighted by Gasteiger charge is 2.50. The number of aliphatic hydroxyl groups is 2. The number of aromatic nitrogens is 4. The van der Waals surface area contributed by atoms with Gasteiger partial charge in [0.25, 0.3) is 0 Å². The maximum absolute atomic E-state index is 12.7. The molecule has 2 aromatic rings. The van der Waals surface area contributed by atoms with Gasteiger partial charge in [0.15, 0.2) is 22.8 Å². The zero-order valence-corrected chi connectivity index (χ0v) is 36.4. The first-order valence-corrected chi connectivity index (χ1v) is 23.9. The summed E-state index contributed by atoms with van der Waals surface area (Å²) in [6.07, 6.45) is 5.17. The maximum atomic E-state index is 12.7. The molecule has 1 fully saturated rings. The number of rotatable bonds is 26. The van der Waals surface area contributed by atoms with Gasteiger partial charge >= 0.3 is 23.5 Å². The van der Waals surface area contributed by atoms with Crippen molar-refractivity contribution >= 4 is 69.1 Å². The van der Waals surface area contributed by atoms with Gasteiger partial charge in [0.05, 0.1) is 19.5 Å². The maximum Gasteiger partial charge on any atom is 0.481 e. The van der Waals surface area contributed by atoms with Crippen molar-refractivity contribution in [3.8, 4) is 0 Å². The smallest absolute Gasteiger partial charge is 0.386 e. The molecule has 1 aliphatic heterocycles. The zero-order chi connectivity index (χ0) is 44.7. The quantitative estimate of drug-likeness (QED) is 0.0368. The number of phosphoric ester groups is 3. The number of imidazole rings is 1. The predicted octanol–water partition coefficient (Wildman–Crippen LogP) is 1.75. The lowest BCUT2D eigenvalue weighted by Gasteiger charge is -2.30. The minimum atomic E-state index is -5.57. The summed E-state index contributed by atoms with van der Waals surface area (Å²) in [6, 6.07) is 0. The van der Waals surface area contributed by atoms with Crippen molar-refractivity contribution in [1.29, 1.82) is 0 Å². The normalized spacial score (nSPS) is 21.3. The molecule has 7 unspecified atom stereocenters. The first-order valence-electron chi connectivity index (χ1n) is 18.4. The molecule has 0 aromatic carbocycles. The lowest BCUT2D eigenvalue weighted by molar-refractivity contribution is -0.137. The van der Waals surface area contributed by atoms with Crippen LogP contribution >= 0.6 is 35.2 Å². The molecule has 0 saturated carbocycles. The average molecular weight is 932 g/mol. The topological polar surface area (TPSA) is 364 Å². The average Bonchev–Trinajstić information content (AvgIpc) is 3.72. The lowest BCUT2D eigenvalue weighted by atomic mass is 9.87. The molecule has 0 bridgehead atoms. The van der Waals surface area contributed by atoms with Crippen molar-refractivity contribution < 1.29 is 80.5 Å². The number of hydrogen-bond donors (Lipinski definition) is 9. The van der Waals surface area contributed by atoms with E-state index in [-0.39, 0.29) is 41.6 Å². The predicted molar refractivity (Wildman–Crippen MR) is 214 cm³/mol. The molecule has 3 heterocycles. The number of hydrogen-bond acceptors (Lipinski definition) is 18. The second-order valence-corrected chi connectivity index (χ2v) is 19.2. The van der Waals surface area contributed by atoms with Crippen molar-refractivity contribution in [2.24, 2.45) is 5.41 Å². The number of carbonyl (C=O) groups excluding carboxylic acids is 3. The van der Waals surface area contributed by atoms with Crippen LogP contribution in [0.1, 0.15) is 65.5 Å². The van der Waals surface area contributed by atoms with Crippen LogP contribution in [0.3, 0.4) is 0 Å². The van der Waals surface area contributed by atoms with Gasteiger partial charge in [-0.1, -0.05) is 56.3 Å². The van der Waals surface area contributed by atoms with E-state index in [1.165, 1.54) is 13.8 Å². The number of ether oxygens (including phenoxy) is 1. The Morgan fingerprint density at radius 2 is 1.73 bits per heavy atom. The summed E-state index contributed by atoms with van der Waals surface area (Å²) < 4.78 is 62.2. The monoisotopic (exact) mass is 931 g/mol. The number of phosphoric acid groups is 3. The summed E-state index contributed by atoms with van der Waals surface area (Å²) in [5.74, 6) is -1.06. The van der Waals surface area contributed by atoms with Crippen molar-refractivity contribution in [1.82, 2.24) is 30.2 Å². The molecule has 0 spiro atoms. The van der Waals surface area contributed by atoms with Crippen LogP contribution < -0.4 is 16.4 Å². The second kappa shape index (κ2) is 23.5. The third kappa shape index (κ3) is 17.1. The SMILES string of the molecule is C/C=C/C=C/CCCCCC(=O)SCCNC(=O)CCNC(=O)C(O)C(C)(C)COP(=O)(O)OP(=O)(O)OCC1OC(n2cnc3c(N)ncnc32)C(O)C1OP(=O)(O)O. The Balaban J connectivity index is 1.41. The Labute approximate surface area is 349 Å². The van der Waals surface area contributed by atoms with E-state index in [2.05, 4.69) is 40.5 Å². The molecule has 338 valence electrons. The van der Waals surface area contributed by atoms with E-state index >= 15 is 0 Å². The summed E-state index contributed by atoms with van der Waals surface area (Å²) in [6.45, 7) is 2.47. The molecule has 24 nitrogen and oxygen atoms in total. The molecule has 10 N–H and O–H groups in total. The number of nitrogens with one attached hydrogen (secondary N) is 2. The van der Waals surface area contributed by atoms with Gasteiger partial charge in [0, 0.05) is 37.1 Å². The molecule has 0 radical (unpaired) electrons. The van der Waals surface area contributed by atoms with Crippen LogP contribution in [-0.2, 0) is 50.7 Å². The van der Waals surface area contributed by atoms with E-state index in [9.17, 15) is 57.9 Å². The molecular weight excluding hydrogens is 879 g/mol. The van der Waals surface area contributed by atoms with Gasteiger partial charge in [-0.3, -0.25) is 32.5 Å². The fraction of sp³-hybridized carbons (Fsp3) is 0.625. The van der Waals surface area contributed by atoms with Crippen LogP contribution in [0.4, 0.5) is 5.82 Å². The highest BCUT2D eigenvalue weighted by atomic mass is 32.2. The molecular formula is C32H52N7O17P3S. The van der Waals surface area contributed by atoms with Crippen LogP contribution in [0, 0.1) is 5.41 Å². The minimum absolute atomic E-state index is 0.0310. The molecule has 7 atom stereocenters. The summed E-state index contributed by atoms with van der Waals surface area (Å²) >= 11 is 1.12. The standard InChI is InChI=1S/C32H52N7O17P3S/c1-4-5-6-7-8-9-10-11-12-23(41)60-16-15-34-22(40)13-14-35-30(44)27(43)32(2,3)18-53-59(50,51)56-58(48,49)52-17-21-26(55-57(45,46)47)25(42)31(54-21)39-20-38-24-28(33)36-19-37-29(24)39/h4-7,19-21,25-27,31,42-43H,8-18H2,1-3H3,(H,34,40)(H,35,44)(H,48,49)(H,50,51)(H2,33,36,37)(H2,45,46,47)/b5-4+,7-6+. The van der Waals surface area contributed by atoms with Crippen molar-refractivity contribution in [2.45, 2.75) is 89.9 Å². The molecule has 60 heavy (non-hydrogen) atoms. The van der Waals surface area contributed by atoms with Crippen molar-refractivity contribution in [2.75, 3.05) is 37.8 Å². The van der Waals surface area contributed by atoms with Gasteiger partial charge in [-0.25, -0.2) is 28.6 Å². The number of amides is 2. The molecule has 2 aromatic heterocycles. The first kappa shape index (κ1) is 51.4. The van der Waals surface area contributed by atoms with E-state index in [0.29, 0.717) is 12.2 Å². The number of nitrogens with two attached hydrogens (primary N) is 1. The van der Waals surface area contributed by atoms with E-state index in [1.807, 2.05) is 25.2 Å². The van der Waals surface area contributed by atoms with Gasteiger partial charge < -0.3 is 50.9 Å². The van der Waals surface area contributed by atoms with Gasteiger partial charge in [-0.05, 0) is 26.2 Å². The van der Waals surface area contributed by atoms with E-state index in [4.69, 9.17) is 19.5 Å². The highest BCUT2D eigenvalue weighted by molar-refractivity contribution is 8.13. The van der Waals surface area contributed by atoms with Gasteiger partial charge in [-0.2, -0.15) is 4.31 Å². The van der Waals surface area contributed by atoms with E-state index < -0.39 is 84.6 Å². The molecule has 1 aliphatic rings. The Morgan fingerprint density at radius 1 is 1.02 bits per heavy atom. The third-order valence-corrected chi connectivity index (χ3v) is 12.5. The number of unbranched alkanes of at least 4 members (excludes halogenated alkanes) is 3. The number of thioether (sulfide) groups is 1. The van der Waals surface area contributed by atoms with Crippen LogP contribution in [0.15, 0.2) is 37.0 Å². The number of fused-ring (bicyclic) bond motifs is 1. The fourth-order valence-corrected chi connectivity index (χ4v) is 8.91. The molecule has 2 amide bonds. The van der Waals surface area contributed by atoms with E-state index in [1.54, 1.807) is 0 Å². The Kier molecular flexibility index (Phi) is 20.1. The van der Waals surface area contributed by atoms with Crippen LogP contribution in [0.2, 0.25) is 0 Å². The van der Waals surface area contributed by atoms with E-state index in [0.717, 1.165) is 54.7 Å². The van der Waals surface area contributed by atoms with Gasteiger partial charge in [0.1, 0.15) is 36.3 Å². The van der Waals surface area contributed by atoms with Crippen LogP contribution in [0.25, 0.3) is 11.2 Å². The summed E-state index contributed by atoms with van der Waals surface area (Å²) in [7, 11) is -16.4. The third-order valence-electron chi connectivity index (χ3n) is 8.46. The van der Waals surface area contributed by atoms with Gasteiger partial charge in [-0.15, -0.1) is 0 Å². The molecule has 1 saturated heterocycles. The highest BCUT2D eigenvalue weighted by Crippen LogP contribution is 2.61. The summed E-state index contributed by atoms with van der Waals surface area (Å²) in [5, 5.41) is 26.5. The van der Waals surface area contributed by atoms with Crippen molar-refractivity contribution in [3.63, 3.8) is 0 Å². The minimum Gasteiger partial charge on any atom is -0.386 e. The largest absolute Gasteiger partial charge is 0.481 e. The Hall–Kier alpha value is -2.96. The van der Waals surface area contributed by atoms with Crippen LogP contribution in [0.5, 0.6) is 0 Å². The van der Waals surface area contributed by atoms with Gasteiger partial charge in [0.2, 0.25) is 11.8 Å². The first-order chi connectivity index (χ1) is 28.1. The fourth-order valence-electron chi connectivity index (χ4n) is 5.36. The zero-order valence-electron chi connectivity index (χ0n) is 32.9. The Morgan fingerprint density at radius 3 is 2.43 bits per heavy atom. The lowest BCUT2D eigenvalue weighted by Crippen LogP contribution is -2.46. The number of anilines is 1.